The number of aryl methyl sites for hydroxylation is 1. The molecule has 0 fully saturated rings. The van der Waals surface area contributed by atoms with Crippen molar-refractivity contribution in [1.82, 2.24) is 14.4 Å². The number of aromatic nitrogens is 3. The average Bonchev–Trinajstić information content (AvgIpc) is 2.99. The lowest BCUT2D eigenvalue weighted by Crippen LogP contribution is -2.00. The van der Waals surface area contributed by atoms with Gasteiger partial charge in [-0.25, -0.2) is 14.8 Å². The van der Waals surface area contributed by atoms with Crippen molar-refractivity contribution < 1.29 is 14.6 Å². The van der Waals surface area contributed by atoms with E-state index in [4.69, 9.17) is 9.84 Å². The SMILES string of the molecule is Cc1cc(OCc2cn3cccnc3n2)c(C(=O)O)s1. The van der Waals surface area contributed by atoms with Gasteiger partial charge in [-0.15, -0.1) is 11.3 Å². The van der Waals surface area contributed by atoms with Gasteiger partial charge in [-0.1, -0.05) is 0 Å². The molecule has 0 saturated heterocycles. The van der Waals surface area contributed by atoms with E-state index in [9.17, 15) is 4.79 Å². The summed E-state index contributed by atoms with van der Waals surface area (Å²) < 4.78 is 7.35. The fourth-order valence-corrected chi connectivity index (χ4v) is 2.64. The predicted molar refractivity (Wildman–Crippen MR) is 73.3 cm³/mol. The van der Waals surface area contributed by atoms with Gasteiger partial charge in [0.2, 0.25) is 5.78 Å². The standard InChI is InChI=1S/C13H11N3O3S/c1-8-5-10(11(20-8)12(17)18)19-7-9-6-16-4-2-3-14-13(16)15-9/h2-6H,7H2,1H3,(H,17,18). The second-order valence-corrected chi connectivity index (χ2v) is 5.46. The molecule has 20 heavy (non-hydrogen) atoms. The van der Waals surface area contributed by atoms with E-state index in [1.807, 2.05) is 25.4 Å². The zero-order valence-electron chi connectivity index (χ0n) is 10.6. The summed E-state index contributed by atoms with van der Waals surface area (Å²) in [6, 6.07) is 3.53. The normalized spacial score (nSPS) is 10.8. The molecule has 3 rings (SSSR count). The summed E-state index contributed by atoms with van der Waals surface area (Å²) >= 11 is 1.20. The quantitative estimate of drug-likeness (QED) is 0.798. The minimum atomic E-state index is -0.977. The van der Waals surface area contributed by atoms with Crippen LogP contribution in [-0.2, 0) is 6.61 Å². The summed E-state index contributed by atoms with van der Waals surface area (Å²) in [4.78, 5) is 20.6. The van der Waals surface area contributed by atoms with Crippen LogP contribution >= 0.6 is 11.3 Å². The molecule has 1 N–H and O–H groups in total. The summed E-state index contributed by atoms with van der Waals surface area (Å²) in [6.45, 7) is 2.05. The zero-order chi connectivity index (χ0) is 14.1. The first kappa shape index (κ1) is 12.6. The van der Waals surface area contributed by atoms with E-state index in [-0.39, 0.29) is 11.5 Å². The van der Waals surface area contributed by atoms with Crippen LogP contribution in [0.2, 0.25) is 0 Å². The summed E-state index contributed by atoms with van der Waals surface area (Å²) in [5, 5.41) is 9.09. The van der Waals surface area contributed by atoms with Crippen LogP contribution in [0.15, 0.2) is 30.7 Å². The fourth-order valence-electron chi connectivity index (χ4n) is 1.85. The van der Waals surface area contributed by atoms with Crippen molar-refractivity contribution in [1.29, 1.82) is 0 Å². The second-order valence-electron chi connectivity index (χ2n) is 4.20. The highest BCUT2D eigenvalue weighted by atomic mass is 32.1. The summed E-state index contributed by atoms with van der Waals surface area (Å²) in [5.74, 6) is -0.00848. The van der Waals surface area contributed by atoms with E-state index in [1.165, 1.54) is 11.3 Å². The Morgan fingerprint density at radius 2 is 2.40 bits per heavy atom. The Morgan fingerprint density at radius 1 is 1.55 bits per heavy atom. The van der Waals surface area contributed by atoms with Crippen LogP contribution in [0.3, 0.4) is 0 Å². The number of carbonyl (C=O) groups is 1. The maximum atomic E-state index is 11.1. The van der Waals surface area contributed by atoms with Crippen LogP contribution in [0.1, 0.15) is 20.2 Å². The van der Waals surface area contributed by atoms with Gasteiger partial charge in [0.1, 0.15) is 12.4 Å². The molecule has 0 aliphatic rings. The third kappa shape index (κ3) is 2.35. The van der Waals surface area contributed by atoms with Crippen LogP contribution in [0.4, 0.5) is 0 Å². The van der Waals surface area contributed by atoms with Crippen molar-refractivity contribution in [3.8, 4) is 5.75 Å². The first-order valence-corrected chi connectivity index (χ1v) is 6.70. The molecule has 0 amide bonds. The van der Waals surface area contributed by atoms with Crippen molar-refractivity contribution in [2.45, 2.75) is 13.5 Å². The molecular weight excluding hydrogens is 278 g/mol. The van der Waals surface area contributed by atoms with Crippen LogP contribution in [-0.4, -0.2) is 25.4 Å². The molecule has 0 aromatic carbocycles. The van der Waals surface area contributed by atoms with Crippen molar-refractivity contribution in [3.05, 3.63) is 46.2 Å². The molecule has 3 aromatic rings. The maximum Gasteiger partial charge on any atom is 0.349 e. The van der Waals surface area contributed by atoms with Crippen LogP contribution in [0.25, 0.3) is 5.78 Å². The smallest absolute Gasteiger partial charge is 0.349 e. The number of hydrogen-bond donors (Lipinski definition) is 1. The minimum absolute atomic E-state index is 0.208. The summed E-state index contributed by atoms with van der Waals surface area (Å²) in [5.41, 5.74) is 0.698. The highest BCUT2D eigenvalue weighted by Gasteiger charge is 2.15. The number of aromatic carboxylic acids is 1. The Kier molecular flexibility index (Phi) is 3.11. The van der Waals surface area contributed by atoms with E-state index in [0.29, 0.717) is 17.2 Å². The largest absolute Gasteiger partial charge is 0.485 e. The van der Waals surface area contributed by atoms with Crippen molar-refractivity contribution in [2.24, 2.45) is 0 Å². The Bertz CT molecular complexity index is 745. The molecule has 0 spiro atoms. The van der Waals surface area contributed by atoms with E-state index < -0.39 is 5.97 Å². The zero-order valence-corrected chi connectivity index (χ0v) is 11.4. The maximum absolute atomic E-state index is 11.1. The number of nitrogens with zero attached hydrogens (tertiary/aromatic N) is 3. The lowest BCUT2D eigenvalue weighted by molar-refractivity contribution is 0.0697. The molecule has 3 aromatic heterocycles. The first-order valence-electron chi connectivity index (χ1n) is 5.88. The topological polar surface area (TPSA) is 76.7 Å². The second kappa shape index (κ2) is 4.93. The van der Waals surface area contributed by atoms with Crippen molar-refractivity contribution in [3.63, 3.8) is 0 Å². The van der Waals surface area contributed by atoms with E-state index in [2.05, 4.69) is 9.97 Å². The van der Waals surface area contributed by atoms with Gasteiger partial charge in [0.25, 0.3) is 0 Å². The molecule has 0 saturated carbocycles. The van der Waals surface area contributed by atoms with Gasteiger partial charge in [-0.3, -0.25) is 4.40 Å². The van der Waals surface area contributed by atoms with Gasteiger partial charge >= 0.3 is 5.97 Å². The fraction of sp³-hybridized carbons (Fsp3) is 0.154. The number of ether oxygens (including phenoxy) is 1. The van der Waals surface area contributed by atoms with E-state index in [1.54, 1.807) is 16.7 Å². The Labute approximate surface area is 118 Å². The molecular formula is C13H11N3O3S. The predicted octanol–water partition coefficient (Wildman–Crippen LogP) is 2.38. The Morgan fingerprint density at radius 3 is 3.15 bits per heavy atom. The van der Waals surface area contributed by atoms with Crippen molar-refractivity contribution >= 4 is 23.1 Å². The Balaban J connectivity index is 1.81. The third-order valence-corrected chi connectivity index (χ3v) is 3.70. The third-order valence-electron chi connectivity index (χ3n) is 2.68. The van der Waals surface area contributed by atoms with Crippen LogP contribution in [0.5, 0.6) is 5.75 Å². The highest BCUT2D eigenvalue weighted by Crippen LogP contribution is 2.29. The van der Waals surface area contributed by atoms with Gasteiger partial charge < -0.3 is 9.84 Å². The molecule has 6 nitrogen and oxygen atoms in total. The molecule has 0 atom stereocenters. The number of hydrogen-bond acceptors (Lipinski definition) is 5. The lowest BCUT2D eigenvalue weighted by atomic mass is 10.4. The molecule has 0 radical (unpaired) electrons. The number of imidazole rings is 1. The Hall–Kier alpha value is -2.41. The average molecular weight is 289 g/mol. The molecule has 0 unspecified atom stereocenters. The number of fused-ring (bicyclic) bond motifs is 1. The van der Waals surface area contributed by atoms with Crippen LogP contribution < -0.4 is 4.74 Å². The van der Waals surface area contributed by atoms with Crippen molar-refractivity contribution in [2.75, 3.05) is 0 Å². The number of carboxylic acid groups (broad SMARTS) is 1. The number of rotatable bonds is 4. The van der Waals surface area contributed by atoms with E-state index in [0.717, 1.165) is 4.88 Å². The van der Waals surface area contributed by atoms with Gasteiger partial charge in [-0.05, 0) is 19.1 Å². The monoisotopic (exact) mass is 289 g/mol. The summed E-state index contributed by atoms with van der Waals surface area (Å²) in [7, 11) is 0. The molecule has 0 aliphatic heterocycles. The molecule has 0 aliphatic carbocycles. The van der Waals surface area contributed by atoms with Gasteiger partial charge in [-0.2, -0.15) is 0 Å². The molecule has 7 heteroatoms. The molecule has 0 bridgehead atoms. The van der Waals surface area contributed by atoms with E-state index >= 15 is 0 Å². The lowest BCUT2D eigenvalue weighted by Gasteiger charge is -2.02. The van der Waals surface area contributed by atoms with Gasteiger partial charge in [0, 0.05) is 23.5 Å². The minimum Gasteiger partial charge on any atom is -0.485 e. The van der Waals surface area contributed by atoms with Gasteiger partial charge in [0.05, 0.1) is 5.69 Å². The molecule has 102 valence electrons. The molecule has 3 heterocycles. The van der Waals surface area contributed by atoms with Gasteiger partial charge in [0.15, 0.2) is 4.88 Å². The number of thiophene rings is 1. The highest BCUT2D eigenvalue weighted by molar-refractivity contribution is 7.14. The summed E-state index contributed by atoms with van der Waals surface area (Å²) in [6.07, 6.45) is 5.32. The van der Waals surface area contributed by atoms with Crippen LogP contribution in [0, 0.1) is 6.92 Å². The first-order chi connectivity index (χ1) is 9.63. The number of carboxylic acids is 1.